The zero-order valence-electron chi connectivity index (χ0n) is 18.0. The van der Waals surface area contributed by atoms with Gasteiger partial charge in [-0.1, -0.05) is 0 Å². The number of nitrogens with one attached hydrogen (secondary N) is 1. The maximum atomic E-state index is 12.9. The van der Waals surface area contributed by atoms with E-state index in [1.807, 2.05) is 16.0 Å². The topological polar surface area (TPSA) is 79.2 Å². The van der Waals surface area contributed by atoms with Crippen molar-refractivity contribution < 1.29 is 14.3 Å². The maximum absolute atomic E-state index is 12.9. The van der Waals surface area contributed by atoms with E-state index in [4.69, 9.17) is 4.74 Å². The van der Waals surface area contributed by atoms with Crippen LogP contribution < -0.4 is 5.32 Å². The highest BCUT2D eigenvalue weighted by Crippen LogP contribution is 2.30. The molecular formula is C23H31N5O3. The smallest absolute Gasteiger partial charge is 0.317 e. The van der Waals surface area contributed by atoms with Gasteiger partial charge in [0.1, 0.15) is 0 Å². The summed E-state index contributed by atoms with van der Waals surface area (Å²) in [4.78, 5) is 29.2. The lowest BCUT2D eigenvalue weighted by Gasteiger charge is -2.32. The van der Waals surface area contributed by atoms with E-state index in [0.29, 0.717) is 18.0 Å². The number of hydrogen-bond donors (Lipinski definition) is 1. The van der Waals surface area contributed by atoms with Gasteiger partial charge in [-0.15, -0.1) is 0 Å². The second-order valence-electron chi connectivity index (χ2n) is 8.93. The Labute approximate surface area is 182 Å². The first-order chi connectivity index (χ1) is 15.2. The van der Waals surface area contributed by atoms with Gasteiger partial charge in [-0.05, 0) is 62.1 Å². The third kappa shape index (κ3) is 4.26. The fourth-order valence-electron chi connectivity index (χ4n) is 5.04. The summed E-state index contributed by atoms with van der Waals surface area (Å²) in [6, 6.07) is 4.23. The maximum Gasteiger partial charge on any atom is 0.317 e. The molecule has 0 aromatic carbocycles. The number of carbonyl (C=O) groups is 2. The highest BCUT2D eigenvalue weighted by atomic mass is 16.5. The van der Waals surface area contributed by atoms with Crippen molar-refractivity contribution >= 4 is 17.5 Å². The standard InChI is InChI=1S/C23H31N5O3/c29-22(26-8-1-2-9-26)20-16-25-28-12-7-18(14-21(20)28)17-5-10-27(11-6-17)23(30)24-15-19-4-3-13-31-19/h7,12,14,16-17,19H,1-6,8-11,13,15H2,(H,24,30). The molecule has 5 heterocycles. The number of pyridine rings is 1. The van der Waals surface area contributed by atoms with E-state index in [9.17, 15) is 9.59 Å². The summed E-state index contributed by atoms with van der Waals surface area (Å²) in [5.74, 6) is 0.472. The van der Waals surface area contributed by atoms with Crippen LogP contribution in [0.3, 0.4) is 0 Å². The number of fused-ring (bicyclic) bond motifs is 1. The third-order valence-corrected chi connectivity index (χ3v) is 6.93. The number of ether oxygens (including phenoxy) is 1. The fraction of sp³-hybridized carbons (Fsp3) is 0.609. The van der Waals surface area contributed by atoms with Crippen molar-refractivity contribution in [1.29, 1.82) is 0 Å². The van der Waals surface area contributed by atoms with Crippen LogP contribution in [-0.2, 0) is 4.74 Å². The summed E-state index contributed by atoms with van der Waals surface area (Å²) in [6.07, 6.45) is 9.93. The van der Waals surface area contributed by atoms with Gasteiger partial charge in [0, 0.05) is 45.5 Å². The molecule has 8 heteroatoms. The molecule has 31 heavy (non-hydrogen) atoms. The van der Waals surface area contributed by atoms with Crippen LogP contribution in [0.4, 0.5) is 4.79 Å². The number of piperidine rings is 1. The number of hydrogen-bond acceptors (Lipinski definition) is 4. The quantitative estimate of drug-likeness (QED) is 0.817. The monoisotopic (exact) mass is 425 g/mol. The minimum Gasteiger partial charge on any atom is -0.376 e. The number of likely N-dealkylation sites (tertiary alicyclic amines) is 2. The molecule has 0 spiro atoms. The molecule has 0 aliphatic carbocycles. The van der Waals surface area contributed by atoms with Gasteiger partial charge in [-0.3, -0.25) is 4.79 Å². The molecule has 8 nitrogen and oxygen atoms in total. The number of amides is 3. The Morgan fingerprint density at radius 3 is 2.61 bits per heavy atom. The van der Waals surface area contributed by atoms with E-state index in [2.05, 4.69) is 22.5 Å². The molecule has 3 aliphatic heterocycles. The fourth-order valence-corrected chi connectivity index (χ4v) is 5.04. The highest BCUT2D eigenvalue weighted by molar-refractivity contribution is 6.00. The van der Waals surface area contributed by atoms with Gasteiger partial charge in [0.15, 0.2) is 0 Å². The second kappa shape index (κ2) is 8.86. The summed E-state index contributed by atoms with van der Waals surface area (Å²) in [5, 5.41) is 7.41. The number of urea groups is 1. The lowest BCUT2D eigenvalue weighted by molar-refractivity contribution is 0.0794. The molecule has 3 aliphatic rings. The molecule has 166 valence electrons. The van der Waals surface area contributed by atoms with E-state index in [1.165, 1.54) is 5.56 Å². The van der Waals surface area contributed by atoms with Crippen molar-refractivity contribution in [2.75, 3.05) is 39.3 Å². The van der Waals surface area contributed by atoms with Crippen LogP contribution in [0.5, 0.6) is 0 Å². The summed E-state index contributed by atoms with van der Waals surface area (Å²) in [6.45, 7) is 4.56. The summed E-state index contributed by atoms with van der Waals surface area (Å²) < 4.78 is 7.38. The molecule has 3 fully saturated rings. The molecule has 1 N–H and O–H groups in total. The molecule has 0 saturated carbocycles. The summed E-state index contributed by atoms with van der Waals surface area (Å²) >= 11 is 0. The predicted octanol–water partition coefficient (Wildman–Crippen LogP) is 2.64. The van der Waals surface area contributed by atoms with Crippen LogP contribution >= 0.6 is 0 Å². The minimum absolute atomic E-state index is 0.0127. The Balaban J connectivity index is 1.21. The Morgan fingerprint density at radius 1 is 1.06 bits per heavy atom. The van der Waals surface area contributed by atoms with Crippen molar-refractivity contribution in [3.63, 3.8) is 0 Å². The van der Waals surface area contributed by atoms with E-state index in [1.54, 1.807) is 10.7 Å². The molecule has 1 atom stereocenters. The predicted molar refractivity (Wildman–Crippen MR) is 116 cm³/mol. The van der Waals surface area contributed by atoms with Gasteiger partial charge < -0.3 is 19.9 Å². The first-order valence-electron chi connectivity index (χ1n) is 11.6. The Kier molecular flexibility index (Phi) is 5.80. The molecule has 0 bridgehead atoms. The van der Waals surface area contributed by atoms with Crippen LogP contribution in [-0.4, -0.2) is 76.8 Å². The lowest BCUT2D eigenvalue weighted by Crippen LogP contribution is -2.46. The van der Waals surface area contributed by atoms with Crippen molar-refractivity contribution in [3.05, 3.63) is 35.7 Å². The SMILES string of the molecule is O=C(NCC1CCCO1)N1CCC(c2ccn3ncc(C(=O)N4CCCC4)c3c2)CC1. The van der Waals surface area contributed by atoms with Crippen LogP contribution in [0, 0.1) is 0 Å². The summed E-state index contributed by atoms with van der Waals surface area (Å²) in [7, 11) is 0. The number of nitrogens with zero attached hydrogens (tertiary/aromatic N) is 4. The van der Waals surface area contributed by atoms with Crippen molar-refractivity contribution in [1.82, 2.24) is 24.7 Å². The zero-order chi connectivity index (χ0) is 21.2. The van der Waals surface area contributed by atoms with Crippen LogP contribution in [0.1, 0.15) is 60.4 Å². The van der Waals surface area contributed by atoms with Gasteiger partial charge in [0.2, 0.25) is 0 Å². The Morgan fingerprint density at radius 2 is 1.87 bits per heavy atom. The van der Waals surface area contributed by atoms with Gasteiger partial charge in [0.05, 0.1) is 23.4 Å². The molecule has 3 amide bonds. The van der Waals surface area contributed by atoms with E-state index < -0.39 is 0 Å². The molecule has 5 rings (SSSR count). The molecule has 1 unspecified atom stereocenters. The first kappa shape index (κ1) is 20.3. The van der Waals surface area contributed by atoms with Gasteiger partial charge >= 0.3 is 6.03 Å². The average Bonchev–Trinajstić information content (AvgIpc) is 3.58. The van der Waals surface area contributed by atoms with Gasteiger partial charge in [-0.2, -0.15) is 5.10 Å². The average molecular weight is 426 g/mol. The highest BCUT2D eigenvalue weighted by Gasteiger charge is 2.27. The molecule has 3 saturated heterocycles. The van der Waals surface area contributed by atoms with E-state index >= 15 is 0 Å². The second-order valence-corrected chi connectivity index (χ2v) is 8.93. The zero-order valence-corrected chi connectivity index (χ0v) is 18.0. The van der Waals surface area contributed by atoms with E-state index in [-0.39, 0.29) is 18.0 Å². The van der Waals surface area contributed by atoms with Crippen LogP contribution in [0.25, 0.3) is 5.52 Å². The van der Waals surface area contributed by atoms with Crippen molar-refractivity contribution in [2.24, 2.45) is 0 Å². The van der Waals surface area contributed by atoms with Crippen LogP contribution in [0.2, 0.25) is 0 Å². The van der Waals surface area contributed by atoms with Gasteiger partial charge in [-0.25, -0.2) is 9.31 Å². The normalized spacial score (nSPS) is 22.4. The Hall–Kier alpha value is -2.61. The number of rotatable bonds is 4. The van der Waals surface area contributed by atoms with Crippen molar-refractivity contribution in [2.45, 2.75) is 50.5 Å². The van der Waals surface area contributed by atoms with Crippen LogP contribution in [0.15, 0.2) is 24.5 Å². The molecular weight excluding hydrogens is 394 g/mol. The van der Waals surface area contributed by atoms with E-state index in [0.717, 1.165) is 76.8 Å². The molecule has 0 radical (unpaired) electrons. The van der Waals surface area contributed by atoms with Crippen molar-refractivity contribution in [3.8, 4) is 0 Å². The first-order valence-corrected chi connectivity index (χ1v) is 11.6. The number of aromatic nitrogens is 2. The largest absolute Gasteiger partial charge is 0.376 e. The Bertz CT molecular complexity index is 938. The minimum atomic E-state index is 0.0127. The van der Waals surface area contributed by atoms with Gasteiger partial charge in [0.25, 0.3) is 5.91 Å². The summed E-state index contributed by atoms with van der Waals surface area (Å²) in [5.41, 5.74) is 2.80. The lowest BCUT2D eigenvalue weighted by atomic mass is 9.89. The number of carbonyl (C=O) groups excluding carboxylic acids is 2. The molecule has 2 aromatic rings. The third-order valence-electron chi connectivity index (χ3n) is 6.93. The molecule has 2 aromatic heterocycles.